The van der Waals surface area contributed by atoms with Crippen molar-refractivity contribution in [2.45, 2.75) is 0 Å². The van der Waals surface area contributed by atoms with Crippen molar-refractivity contribution in [1.29, 1.82) is 0 Å². The molecule has 1 aromatic heterocycles. The van der Waals surface area contributed by atoms with Crippen molar-refractivity contribution in [3.63, 3.8) is 0 Å². The second-order valence-corrected chi connectivity index (χ2v) is 5.86. The first-order chi connectivity index (χ1) is 13.2. The summed E-state index contributed by atoms with van der Waals surface area (Å²) in [5.41, 5.74) is 1.87. The summed E-state index contributed by atoms with van der Waals surface area (Å²) >= 11 is 0. The Morgan fingerprint density at radius 2 is 1.89 bits per heavy atom. The largest absolute Gasteiger partial charge is 0.454 e. The number of carbonyl (C=O) groups is 2. The van der Waals surface area contributed by atoms with Gasteiger partial charge in [-0.1, -0.05) is 24.3 Å². The minimum absolute atomic E-state index is 0.134. The molecule has 0 amide bonds. The van der Waals surface area contributed by atoms with Gasteiger partial charge in [-0.25, -0.2) is 9.78 Å². The molecule has 0 aliphatic carbocycles. The van der Waals surface area contributed by atoms with Crippen LogP contribution in [0.1, 0.15) is 16.1 Å². The number of ketones is 1. The highest BCUT2D eigenvalue weighted by atomic mass is 16.7. The molecule has 1 aliphatic rings. The van der Waals surface area contributed by atoms with Crippen LogP contribution >= 0.6 is 0 Å². The SMILES string of the molecule is O=C(/C=C/c1ccc2ccccc2n1)OCC(=O)c1ccc2c(c1)OCO2. The van der Waals surface area contributed by atoms with Crippen molar-refractivity contribution in [1.82, 2.24) is 4.98 Å². The van der Waals surface area contributed by atoms with Crippen LogP contribution in [0, 0.1) is 0 Å². The van der Waals surface area contributed by atoms with Crippen molar-refractivity contribution < 1.29 is 23.8 Å². The third kappa shape index (κ3) is 3.79. The van der Waals surface area contributed by atoms with E-state index in [-0.39, 0.29) is 19.2 Å². The fourth-order valence-electron chi connectivity index (χ4n) is 2.67. The summed E-state index contributed by atoms with van der Waals surface area (Å²) in [4.78, 5) is 28.5. The molecule has 6 heteroatoms. The number of para-hydroxylation sites is 1. The number of rotatable bonds is 5. The zero-order chi connectivity index (χ0) is 18.6. The number of pyridine rings is 1. The van der Waals surface area contributed by atoms with Gasteiger partial charge in [0, 0.05) is 17.0 Å². The Morgan fingerprint density at radius 3 is 2.81 bits per heavy atom. The first kappa shape index (κ1) is 16.8. The minimum atomic E-state index is -0.612. The molecule has 1 aliphatic heterocycles. The van der Waals surface area contributed by atoms with Gasteiger partial charge in [0.2, 0.25) is 6.79 Å². The Balaban J connectivity index is 1.36. The molecule has 6 nitrogen and oxygen atoms in total. The van der Waals surface area contributed by atoms with E-state index in [1.165, 1.54) is 6.08 Å². The van der Waals surface area contributed by atoms with Gasteiger partial charge < -0.3 is 14.2 Å². The molecule has 27 heavy (non-hydrogen) atoms. The first-order valence-corrected chi connectivity index (χ1v) is 8.32. The van der Waals surface area contributed by atoms with Gasteiger partial charge in [-0.05, 0) is 36.4 Å². The Morgan fingerprint density at radius 1 is 1.04 bits per heavy atom. The van der Waals surface area contributed by atoms with E-state index in [1.807, 2.05) is 36.4 Å². The lowest BCUT2D eigenvalue weighted by molar-refractivity contribution is -0.136. The number of ether oxygens (including phenoxy) is 3. The molecular formula is C21H15NO5. The lowest BCUT2D eigenvalue weighted by Crippen LogP contribution is -2.12. The third-order valence-corrected chi connectivity index (χ3v) is 4.05. The molecule has 0 N–H and O–H groups in total. The number of benzene rings is 2. The predicted octanol–water partition coefficient (Wildman–Crippen LogP) is 3.40. The smallest absolute Gasteiger partial charge is 0.331 e. The number of hydrogen-bond acceptors (Lipinski definition) is 6. The summed E-state index contributed by atoms with van der Waals surface area (Å²) in [6.07, 6.45) is 2.81. The van der Waals surface area contributed by atoms with Gasteiger partial charge in [0.25, 0.3) is 0 Å². The van der Waals surface area contributed by atoms with Crippen molar-refractivity contribution >= 4 is 28.7 Å². The van der Waals surface area contributed by atoms with E-state index in [0.29, 0.717) is 22.8 Å². The minimum Gasteiger partial charge on any atom is -0.454 e. The molecule has 134 valence electrons. The number of nitrogens with zero attached hydrogens (tertiary/aromatic N) is 1. The van der Waals surface area contributed by atoms with E-state index in [1.54, 1.807) is 24.3 Å². The lowest BCUT2D eigenvalue weighted by atomic mass is 10.1. The average molecular weight is 361 g/mol. The van der Waals surface area contributed by atoms with Crippen molar-refractivity contribution in [3.8, 4) is 11.5 Å². The summed E-state index contributed by atoms with van der Waals surface area (Å²) in [5.74, 6) is 0.168. The number of Topliss-reactive ketones (excluding diaryl/α,β-unsaturated/α-hetero) is 1. The summed E-state index contributed by atoms with van der Waals surface area (Å²) in [5, 5.41) is 1.02. The molecule has 0 saturated carbocycles. The standard InChI is InChI=1S/C21H15NO5/c23-18(15-6-9-19-20(11-15)27-13-26-19)12-25-21(24)10-8-16-7-5-14-3-1-2-4-17(14)22-16/h1-11H,12-13H2/b10-8+. The zero-order valence-electron chi connectivity index (χ0n) is 14.3. The maximum Gasteiger partial charge on any atom is 0.331 e. The van der Waals surface area contributed by atoms with Crippen LogP contribution in [-0.2, 0) is 9.53 Å². The molecule has 0 spiro atoms. The van der Waals surface area contributed by atoms with E-state index in [4.69, 9.17) is 14.2 Å². The van der Waals surface area contributed by atoms with E-state index in [2.05, 4.69) is 4.98 Å². The molecule has 2 heterocycles. The fourth-order valence-corrected chi connectivity index (χ4v) is 2.67. The number of carbonyl (C=O) groups excluding carboxylic acids is 2. The summed E-state index contributed by atoms with van der Waals surface area (Å²) in [6.45, 7) is -0.219. The first-order valence-electron chi connectivity index (χ1n) is 8.32. The van der Waals surface area contributed by atoms with Crippen LogP contribution in [0.3, 0.4) is 0 Å². The van der Waals surface area contributed by atoms with Crippen molar-refractivity contribution in [2.75, 3.05) is 13.4 Å². The van der Waals surface area contributed by atoms with Crippen molar-refractivity contribution in [3.05, 3.63) is 71.9 Å². The maximum absolute atomic E-state index is 12.2. The van der Waals surface area contributed by atoms with Crippen LogP contribution in [0.2, 0.25) is 0 Å². The topological polar surface area (TPSA) is 74.7 Å². The van der Waals surface area contributed by atoms with Crippen LogP contribution < -0.4 is 9.47 Å². The number of hydrogen-bond donors (Lipinski definition) is 0. The van der Waals surface area contributed by atoms with Gasteiger partial charge in [0.05, 0.1) is 11.2 Å². The molecule has 2 aromatic carbocycles. The molecule has 3 aromatic rings. The second-order valence-electron chi connectivity index (χ2n) is 5.86. The summed E-state index contributed by atoms with van der Waals surface area (Å²) in [7, 11) is 0. The van der Waals surface area contributed by atoms with Gasteiger partial charge in [-0.15, -0.1) is 0 Å². The van der Waals surface area contributed by atoms with Gasteiger partial charge in [-0.3, -0.25) is 4.79 Å². The lowest BCUT2D eigenvalue weighted by Gasteiger charge is -2.03. The average Bonchev–Trinajstić information content (AvgIpc) is 3.18. The summed E-state index contributed by atoms with van der Waals surface area (Å²) < 4.78 is 15.4. The Kier molecular flexibility index (Phi) is 4.53. The van der Waals surface area contributed by atoms with Crippen LogP contribution in [0.15, 0.2) is 60.7 Å². The summed E-state index contributed by atoms with van der Waals surface area (Å²) in [6, 6.07) is 16.3. The molecular weight excluding hydrogens is 346 g/mol. The van der Waals surface area contributed by atoms with E-state index in [9.17, 15) is 9.59 Å². The monoisotopic (exact) mass is 361 g/mol. The second kappa shape index (κ2) is 7.29. The highest BCUT2D eigenvalue weighted by molar-refractivity contribution is 5.99. The fraction of sp³-hybridized carbons (Fsp3) is 0.0952. The quantitative estimate of drug-likeness (QED) is 0.394. The highest BCUT2D eigenvalue weighted by Gasteiger charge is 2.16. The molecule has 0 unspecified atom stereocenters. The van der Waals surface area contributed by atoms with Crippen LogP contribution in [-0.4, -0.2) is 30.1 Å². The number of esters is 1. The number of aromatic nitrogens is 1. The van der Waals surface area contributed by atoms with E-state index in [0.717, 1.165) is 10.9 Å². The molecule has 0 saturated heterocycles. The highest BCUT2D eigenvalue weighted by Crippen LogP contribution is 2.32. The number of fused-ring (bicyclic) bond motifs is 2. The Labute approximate surface area is 155 Å². The Hall–Kier alpha value is -3.67. The third-order valence-electron chi connectivity index (χ3n) is 4.05. The predicted molar refractivity (Wildman–Crippen MR) is 98.6 cm³/mol. The van der Waals surface area contributed by atoms with Gasteiger partial charge in [-0.2, -0.15) is 0 Å². The molecule has 0 fully saturated rings. The van der Waals surface area contributed by atoms with Gasteiger partial charge >= 0.3 is 5.97 Å². The molecule has 4 rings (SSSR count). The molecule has 0 atom stereocenters. The van der Waals surface area contributed by atoms with E-state index < -0.39 is 5.97 Å². The maximum atomic E-state index is 12.2. The van der Waals surface area contributed by atoms with Crippen LogP contribution in [0.5, 0.6) is 11.5 Å². The van der Waals surface area contributed by atoms with E-state index >= 15 is 0 Å². The van der Waals surface area contributed by atoms with Crippen LogP contribution in [0.4, 0.5) is 0 Å². The van der Waals surface area contributed by atoms with Gasteiger partial charge in [0.15, 0.2) is 23.9 Å². The Bertz CT molecular complexity index is 1060. The van der Waals surface area contributed by atoms with Gasteiger partial charge in [0.1, 0.15) is 0 Å². The molecule has 0 bridgehead atoms. The van der Waals surface area contributed by atoms with Crippen LogP contribution in [0.25, 0.3) is 17.0 Å². The van der Waals surface area contributed by atoms with Crippen molar-refractivity contribution in [2.24, 2.45) is 0 Å². The zero-order valence-corrected chi connectivity index (χ0v) is 14.3. The normalized spacial score (nSPS) is 12.4. The molecule has 0 radical (unpaired) electrons.